The van der Waals surface area contributed by atoms with Gasteiger partial charge in [-0.15, -0.1) is 0 Å². The molecule has 0 aromatic rings. The summed E-state index contributed by atoms with van der Waals surface area (Å²) in [6.07, 6.45) is 9.79. The topological polar surface area (TPSA) is 76.0 Å². The van der Waals surface area contributed by atoms with Crippen LogP contribution in [-0.4, -0.2) is 47.7 Å². The Balaban J connectivity index is 1.74. The highest BCUT2D eigenvalue weighted by Gasteiger charge is 2.48. The Labute approximate surface area is 164 Å². The zero-order valence-corrected chi connectivity index (χ0v) is 17.5. The summed E-state index contributed by atoms with van der Waals surface area (Å²) in [5, 5.41) is 19.4. The van der Waals surface area contributed by atoms with Crippen LogP contribution in [0.5, 0.6) is 0 Å². The van der Waals surface area contributed by atoms with E-state index in [9.17, 15) is 9.90 Å². The highest BCUT2D eigenvalue weighted by atomic mass is 16.5. The van der Waals surface area contributed by atoms with Crippen LogP contribution in [-0.2, 0) is 14.3 Å². The Hall–Kier alpha value is -0.650. The number of carboxylic acids is 1. The number of hydrogen-bond donors (Lipinski definition) is 2. The maximum absolute atomic E-state index is 10.7. The van der Waals surface area contributed by atoms with Crippen LogP contribution in [0, 0.1) is 17.3 Å². The molecule has 0 spiro atoms. The lowest BCUT2D eigenvalue weighted by Gasteiger charge is -2.33. The number of aliphatic carboxylic acids is 1. The van der Waals surface area contributed by atoms with E-state index in [0.29, 0.717) is 43.7 Å². The van der Waals surface area contributed by atoms with E-state index in [1.807, 2.05) is 0 Å². The van der Waals surface area contributed by atoms with Gasteiger partial charge in [-0.1, -0.05) is 33.6 Å². The van der Waals surface area contributed by atoms with Crippen LogP contribution in [0.2, 0.25) is 0 Å². The van der Waals surface area contributed by atoms with Crippen molar-refractivity contribution in [3.05, 3.63) is 0 Å². The Morgan fingerprint density at radius 3 is 2.44 bits per heavy atom. The highest BCUT2D eigenvalue weighted by molar-refractivity contribution is 5.66. The fourth-order valence-corrected chi connectivity index (χ4v) is 4.86. The SMILES string of the molecule is CCCCC(C)(C)C(O)CC[C@H]1[C@@H](CCOCCCC(=O)O)[C@H]2CC[C@@H]1O2. The molecule has 158 valence electrons. The van der Waals surface area contributed by atoms with Gasteiger partial charge >= 0.3 is 5.97 Å². The van der Waals surface area contributed by atoms with Gasteiger partial charge in [0, 0.05) is 19.6 Å². The van der Waals surface area contributed by atoms with Gasteiger partial charge in [0.2, 0.25) is 0 Å². The minimum atomic E-state index is -0.763. The molecular weight excluding hydrogens is 344 g/mol. The molecule has 27 heavy (non-hydrogen) atoms. The third-order valence-electron chi connectivity index (χ3n) is 6.72. The molecule has 5 heteroatoms. The molecule has 5 atom stereocenters. The molecule has 2 rings (SSSR count). The molecule has 1 unspecified atom stereocenters. The first-order chi connectivity index (χ1) is 12.8. The highest BCUT2D eigenvalue weighted by Crippen LogP contribution is 2.47. The van der Waals surface area contributed by atoms with Gasteiger partial charge in [0.15, 0.2) is 0 Å². The lowest BCUT2D eigenvalue weighted by Crippen LogP contribution is -2.33. The van der Waals surface area contributed by atoms with E-state index in [2.05, 4.69) is 20.8 Å². The molecule has 2 heterocycles. The first-order valence-electron chi connectivity index (χ1n) is 11.0. The minimum absolute atomic E-state index is 0.0166. The van der Waals surface area contributed by atoms with Crippen molar-refractivity contribution in [2.45, 2.75) is 103 Å². The van der Waals surface area contributed by atoms with Crippen molar-refractivity contribution in [1.29, 1.82) is 0 Å². The van der Waals surface area contributed by atoms with Gasteiger partial charge in [-0.05, 0) is 62.2 Å². The zero-order valence-electron chi connectivity index (χ0n) is 17.5. The number of hydrogen-bond acceptors (Lipinski definition) is 4. The Morgan fingerprint density at radius 1 is 1.15 bits per heavy atom. The van der Waals surface area contributed by atoms with Gasteiger partial charge in [0.05, 0.1) is 18.3 Å². The molecule has 0 radical (unpaired) electrons. The number of aliphatic hydroxyl groups excluding tert-OH is 1. The van der Waals surface area contributed by atoms with Crippen LogP contribution < -0.4 is 0 Å². The summed E-state index contributed by atoms with van der Waals surface area (Å²) in [7, 11) is 0. The van der Waals surface area contributed by atoms with Crippen molar-refractivity contribution in [1.82, 2.24) is 0 Å². The summed E-state index contributed by atoms with van der Waals surface area (Å²) in [5.74, 6) is 0.290. The lowest BCUT2D eigenvalue weighted by atomic mass is 9.73. The van der Waals surface area contributed by atoms with Crippen molar-refractivity contribution in [3.8, 4) is 0 Å². The second-order valence-electron chi connectivity index (χ2n) is 9.20. The second kappa shape index (κ2) is 10.8. The Morgan fingerprint density at radius 2 is 1.81 bits per heavy atom. The average molecular weight is 385 g/mol. The van der Waals surface area contributed by atoms with Crippen LogP contribution in [0.25, 0.3) is 0 Å². The quantitative estimate of drug-likeness (QED) is 0.434. The third-order valence-corrected chi connectivity index (χ3v) is 6.72. The molecule has 0 aromatic heterocycles. The maximum Gasteiger partial charge on any atom is 0.303 e. The molecular formula is C22H40O5. The summed E-state index contributed by atoms with van der Waals surface area (Å²) in [6, 6.07) is 0. The number of aliphatic hydroxyl groups is 1. The summed E-state index contributed by atoms with van der Waals surface area (Å²) in [5.41, 5.74) is -0.0166. The fraction of sp³-hybridized carbons (Fsp3) is 0.955. The van der Waals surface area contributed by atoms with Crippen molar-refractivity contribution in [3.63, 3.8) is 0 Å². The van der Waals surface area contributed by atoms with Crippen molar-refractivity contribution in [2.75, 3.05) is 13.2 Å². The predicted molar refractivity (Wildman–Crippen MR) is 106 cm³/mol. The van der Waals surface area contributed by atoms with Gasteiger partial charge in [-0.3, -0.25) is 4.79 Å². The van der Waals surface area contributed by atoms with Gasteiger partial charge in [0.25, 0.3) is 0 Å². The van der Waals surface area contributed by atoms with Crippen LogP contribution >= 0.6 is 0 Å². The minimum Gasteiger partial charge on any atom is -0.481 e. The van der Waals surface area contributed by atoms with E-state index >= 15 is 0 Å². The van der Waals surface area contributed by atoms with E-state index in [0.717, 1.165) is 38.5 Å². The van der Waals surface area contributed by atoms with E-state index in [4.69, 9.17) is 14.6 Å². The lowest BCUT2D eigenvalue weighted by molar-refractivity contribution is -0.137. The van der Waals surface area contributed by atoms with Crippen molar-refractivity contribution in [2.24, 2.45) is 17.3 Å². The molecule has 0 aliphatic carbocycles. The fourth-order valence-electron chi connectivity index (χ4n) is 4.86. The monoisotopic (exact) mass is 384 g/mol. The van der Waals surface area contributed by atoms with Crippen LogP contribution in [0.3, 0.4) is 0 Å². The number of unbranched alkanes of at least 4 members (excludes halogenated alkanes) is 1. The zero-order chi connectivity index (χ0) is 19.9. The molecule has 0 amide bonds. The van der Waals surface area contributed by atoms with Crippen LogP contribution in [0.1, 0.15) is 85.0 Å². The molecule has 0 aromatic carbocycles. The van der Waals surface area contributed by atoms with E-state index in [1.54, 1.807) is 0 Å². The smallest absolute Gasteiger partial charge is 0.303 e. The van der Waals surface area contributed by atoms with Crippen LogP contribution in [0.15, 0.2) is 0 Å². The van der Waals surface area contributed by atoms with Crippen molar-refractivity contribution >= 4 is 5.97 Å². The van der Waals surface area contributed by atoms with Gasteiger partial charge in [-0.25, -0.2) is 0 Å². The molecule has 5 nitrogen and oxygen atoms in total. The number of rotatable bonds is 14. The molecule has 2 N–H and O–H groups in total. The van der Waals surface area contributed by atoms with Gasteiger partial charge in [-0.2, -0.15) is 0 Å². The average Bonchev–Trinajstić information content (AvgIpc) is 3.22. The predicted octanol–water partition coefficient (Wildman–Crippen LogP) is 4.41. The summed E-state index contributed by atoms with van der Waals surface area (Å²) >= 11 is 0. The molecule has 2 fully saturated rings. The van der Waals surface area contributed by atoms with Gasteiger partial charge < -0.3 is 19.7 Å². The van der Waals surface area contributed by atoms with Crippen molar-refractivity contribution < 1.29 is 24.5 Å². The normalized spacial score (nSPS) is 28.6. The van der Waals surface area contributed by atoms with E-state index in [-0.39, 0.29) is 17.9 Å². The number of carboxylic acid groups (broad SMARTS) is 1. The largest absolute Gasteiger partial charge is 0.481 e. The van der Waals surface area contributed by atoms with Crippen LogP contribution in [0.4, 0.5) is 0 Å². The maximum atomic E-state index is 10.7. The second-order valence-corrected chi connectivity index (χ2v) is 9.20. The first-order valence-corrected chi connectivity index (χ1v) is 11.0. The summed E-state index contributed by atoms with van der Waals surface area (Å²) < 4.78 is 11.8. The molecule has 2 saturated heterocycles. The van der Waals surface area contributed by atoms with Gasteiger partial charge in [0.1, 0.15) is 0 Å². The molecule has 2 aliphatic heterocycles. The summed E-state index contributed by atoms with van der Waals surface area (Å²) in [4.78, 5) is 10.5. The first kappa shape index (κ1) is 22.6. The molecule has 0 saturated carbocycles. The Kier molecular flexibility index (Phi) is 9.03. The molecule has 2 bridgehead atoms. The third kappa shape index (κ3) is 6.72. The number of fused-ring (bicyclic) bond motifs is 2. The standard InChI is InChI=1S/C22H40O5/c1-4-5-13-22(2,3)20(23)11-8-16-17(19-10-9-18(16)27-19)12-15-26-14-6-7-21(24)25/h16-20,23H,4-15H2,1-3H3,(H,24,25)/t16-,17+,18-,19+,20?/m0/s1. The van der Waals surface area contributed by atoms with E-state index < -0.39 is 5.97 Å². The Bertz CT molecular complexity index is 450. The van der Waals surface area contributed by atoms with E-state index in [1.165, 1.54) is 12.8 Å². The number of carbonyl (C=O) groups is 1. The number of ether oxygens (including phenoxy) is 2. The molecule has 2 aliphatic rings. The summed E-state index contributed by atoms with van der Waals surface area (Å²) in [6.45, 7) is 7.77.